The van der Waals surface area contributed by atoms with Gasteiger partial charge >= 0.3 is 0 Å². The lowest BCUT2D eigenvalue weighted by Crippen LogP contribution is -1.87. The number of carbonyl (C=O) groups is 1. The molecule has 0 aliphatic rings. The Morgan fingerprint density at radius 1 is 0.882 bits per heavy atom. The van der Waals surface area contributed by atoms with Crippen LogP contribution in [0.3, 0.4) is 0 Å². The van der Waals surface area contributed by atoms with Crippen LogP contribution < -0.4 is 0 Å². The van der Waals surface area contributed by atoms with Gasteiger partial charge in [0, 0.05) is 6.42 Å². The summed E-state index contributed by atoms with van der Waals surface area (Å²) in [5.74, 6) is 1.16. The minimum absolute atomic E-state index is 0.255. The third-order valence-electron chi connectivity index (χ3n) is 2.88. The second-order valence-electron chi connectivity index (χ2n) is 5.36. The second-order valence-corrected chi connectivity index (χ2v) is 5.36. The zero-order valence-corrected chi connectivity index (χ0v) is 12.8. The largest absolute Gasteiger partial charge is 0.300 e. The molecule has 17 heavy (non-hydrogen) atoms. The third kappa shape index (κ3) is 25.7. The Labute approximate surface area is 109 Å². The van der Waals surface area contributed by atoms with Crippen molar-refractivity contribution in [1.29, 1.82) is 0 Å². The maximum absolute atomic E-state index is 9.81. The molecular weight excluding hydrogens is 208 g/mol. The highest BCUT2D eigenvalue weighted by Crippen LogP contribution is 2.11. The summed E-state index contributed by atoms with van der Waals surface area (Å²) in [4.78, 5) is 9.81. The van der Waals surface area contributed by atoms with Crippen molar-refractivity contribution in [3.63, 3.8) is 0 Å². The van der Waals surface area contributed by atoms with Crippen molar-refractivity contribution < 1.29 is 4.79 Å². The highest BCUT2D eigenvalue weighted by molar-refractivity contribution is 5.74. The normalized spacial score (nSPS) is 10.0. The van der Waals surface area contributed by atoms with E-state index in [1.807, 2.05) is 6.92 Å². The van der Waals surface area contributed by atoms with Gasteiger partial charge in [0.1, 0.15) is 5.78 Å². The molecule has 0 amide bonds. The van der Waals surface area contributed by atoms with Gasteiger partial charge in [0.25, 0.3) is 0 Å². The van der Waals surface area contributed by atoms with Crippen molar-refractivity contribution in [1.82, 2.24) is 0 Å². The van der Waals surface area contributed by atoms with Crippen LogP contribution in [0.5, 0.6) is 0 Å². The van der Waals surface area contributed by atoms with Crippen LogP contribution in [0.15, 0.2) is 0 Å². The fraction of sp³-hybridized carbons (Fsp3) is 0.938. The highest BCUT2D eigenvalue weighted by atomic mass is 16.1. The van der Waals surface area contributed by atoms with Crippen molar-refractivity contribution in [2.75, 3.05) is 0 Å². The van der Waals surface area contributed by atoms with Crippen LogP contribution in [0.2, 0.25) is 0 Å². The number of rotatable bonds is 9. The number of hydrogen-bond donors (Lipinski definition) is 0. The first-order chi connectivity index (χ1) is 8.04. The molecule has 0 aromatic heterocycles. The van der Waals surface area contributed by atoms with Gasteiger partial charge in [-0.25, -0.2) is 0 Å². The molecule has 1 heteroatoms. The van der Waals surface area contributed by atoms with E-state index in [-0.39, 0.29) is 5.78 Å². The molecule has 0 aromatic carbocycles. The van der Waals surface area contributed by atoms with Crippen LogP contribution >= 0.6 is 0 Å². The van der Waals surface area contributed by atoms with Gasteiger partial charge in [0.2, 0.25) is 0 Å². The molecule has 0 heterocycles. The molecule has 0 spiro atoms. The molecule has 0 saturated heterocycles. The average molecular weight is 242 g/mol. The molecule has 0 radical (unpaired) electrons. The molecule has 1 nitrogen and oxygen atoms in total. The Balaban J connectivity index is 0. The molecule has 0 fully saturated rings. The van der Waals surface area contributed by atoms with E-state index in [0.717, 1.165) is 5.92 Å². The van der Waals surface area contributed by atoms with Crippen LogP contribution in [-0.2, 0) is 4.79 Å². The Hall–Kier alpha value is -0.330. The van der Waals surface area contributed by atoms with E-state index in [2.05, 4.69) is 20.8 Å². The topological polar surface area (TPSA) is 17.1 Å². The first-order valence-corrected chi connectivity index (χ1v) is 7.53. The molecule has 104 valence electrons. The minimum atomic E-state index is 0.255. The van der Waals surface area contributed by atoms with Gasteiger partial charge < -0.3 is 4.79 Å². The molecule has 0 atom stereocenters. The first kappa shape index (κ1) is 19.0. The summed E-state index contributed by atoms with van der Waals surface area (Å²) in [5, 5.41) is 0. The standard InChI is InChI=1S/C12H26.C4H8O/c1-4-5-6-7-8-9-10-11-12(2)3;1-3-4(2)5/h12H,4-11H2,1-3H3;3H2,1-2H3. The summed E-state index contributed by atoms with van der Waals surface area (Å²) >= 11 is 0. The predicted molar refractivity (Wildman–Crippen MR) is 78.4 cm³/mol. The number of hydrogen-bond acceptors (Lipinski definition) is 1. The zero-order valence-electron chi connectivity index (χ0n) is 12.8. The van der Waals surface area contributed by atoms with Gasteiger partial charge in [0.05, 0.1) is 0 Å². The van der Waals surface area contributed by atoms with Crippen LogP contribution in [0.25, 0.3) is 0 Å². The fourth-order valence-corrected chi connectivity index (χ4v) is 1.51. The van der Waals surface area contributed by atoms with Crippen LogP contribution in [0, 0.1) is 5.92 Å². The van der Waals surface area contributed by atoms with Crippen LogP contribution in [-0.4, -0.2) is 5.78 Å². The molecule has 0 bridgehead atoms. The van der Waals surface area contributed by atoms with Gasteiger partial charge in [-0.3, -0.25) is 0 Å². The second kappa shape index (κ2) is 15.7. The smallest absolute Gasteiger partial charge is 0.129 e. The van der Waals surface area contributed by atoms with E-state index in [4.69, 9.17) is 0 Å². The van der Waals surface area contributed by atoms with Gasteiger partial charge in [-0.05, 0) is 12.8 Å². The number of unbranched alkanes of at least 4 members (excludes halogenated alkanes) is 6. The van der Waals surface area contributed by atoms with Crippen molar-refractivity contribution in [3.8, 4) is 0 Å². The van der Waals surface area contributed by atoms with E-state index in [1.54, 1.807) is 6.92 Å². The molecule has 0 saturated carbocycles. The number of ketones is 1. The Bertz CT molecular complexity index is 150. The summed E-state index contributed by atoms with van der Waals surface area (Å²) in [5.41, 5.74) is 0. The van der Waals surface area contributed by atoms with Gasteiger partial charge in [-0.15, -0.1) is 0 Å². The molecular formula is C16H34O. The van der Waals surface area contributed by atoms with Crippen molar-refractivity contribution in [2.45, 2.75) is 92.4 Å². The Kier molecular flexibility index (Phi) is 17.5. The van der Waals surface area contributed by atoms with E-state index in [9.17, 15) is 4.79 Å². The summed E-state index contributed by atoms with van der Waals surface area (Å²) in [7, 11) is 0. The molecule has 0 aliphatic carbocycles. The summed E-state index contributed by atoms with van der Waals surface area (Å²) in [6, 6.07) is 0. The fourth-order valence-electron chi connectivity index (χ4n) is 1.51. The molecule has 0 unspecified atom stereocenters. The maximum Gasteiger partial charge on any atom is 0.129 e. The Morgan fingerprint density at radius 3 is 1.65 bits per heavy atom. The minimum Gasteiger partial charge on any atom is -0.300 e. The van der Waals surface area contributed by atoms with Crippen molar-refractivity contribution in [3.05, 3.63) is 0 Å². The quantitative estimate of drug-likeness (QED) is 0.469. The highest BCUT2D eigenvalue weighted by Gasteiger charge is 1.93. The van der Waals surface area contributed by atoms with Crippen LogP contribution in [0.4, 0.5) is 0 Å². The molecule has 0 aliphatic heterocycles. The van der Waals surface area contributed by atoms with E-state index >= 15 is 0 Å². The van der Waals surface area contributed by atoms with E-state index in [1.165, 1.54) is 51.4 Å². The zero-order chi connectivity index (χ0) is 13.5. The summed E-state index contributed by atoms with van der Waals surface area (Å²) in [6.45, 7) is 10.3. The van der Waals surface area contributed by atoms with Crippen molar-refractivity contribution >= 4 is 5.78 Å². The molecule has 0 N–H and O–H groups in total. The predicted octanol–water partition coefficient (Wildman–Crippen LogP) is 5.77. The lowest BCUT2D eigenvalue weighted by Gasteiger charge is -2.03. The number of carbonyl (C=O) groups excluding carboxylic acids is 1. The molecule has 0 rings (SSSR count). The van der Waals surface area contributed by atoms with Crippen molar-refractivity contribution in [2.24, 2.45) is 5.92 Å². The monoisotopic (exact) mass is 242 g/mol. The van der Waals surface area contributed by atoms with E-state index < -0.39 is 0 Å². The summed E-state index contributed by atoms with van der Waals surface area (Å²) < 4.78 is 0. The maximum atomic E-state index is 9.81. The average Bonchev–Trinajstić information content (AvgIpc) is 2.28. The summed E-state index contributed by atoms with van der Waals surface area (Å²) in [6.07, 6.45) is 12.2. The van der Waals surface area contributed by atoms with Gasteiger partial charge in [-0.2, -0.15) is 0 Å². The van der Waals surface area contributed by atoms with Gasteiger partial charge in [-0.1, -0.05) is 79.1 Å². The SMILES string of the molecule is CCC(C)=O.CCCCCCCCCC(C)C. The Morgan fingerprint density at radius 2 is 1.29 bits per heavy atom. The first-order valence-electron chi connectivity index (χ1n) is 7.53. The van der Waals surface area contributed by atoms with Crippen LogP contribution in [0.1, 0.15) is 92.4 Å². The lowest BCUT2D eigenvalue weighted by molar-refractivity contribution is -0.116. The molecule has 0 aromatic rings. The number of Topliss-reactive ketones (excluding diaryl/α,β-unsaturated/α-hetero) is 1. The van der Waals surface area contributed by atoms with E-state index in [0.29, 0.717) is 6.42 Å². The third-order valence-corrected chi connectivity index (χ3v) is 2.88. The lowest BCUT2D eigenvalue weighted by atomic mass is 10.0. The van der Waals surface area contributed by atoms with Gasteiger partial charge in [0.15, 0.2) is 0 Å².